The van der Waals surface area contributed by atoms with Crippen molar-refractivity contribution >= 4 is 22.5 Å². The Morgan fingerprint density at radius 1 is 1.00 bits per heavy atom. The lowest BCUT2D eigenvalue weighted by Gasteiger charge is -2.40. The fourth-order valence-corrected chi connectivity index (χ4v) is 5.89. The summed E-state index contributed by atoms with van der Waals surface area (Å²) in [7, 11) is 1.75. The molecule has 1 atom stereocenters. The lowest BCUT2D eigenvalue weighted by atomic mass is 10.0. The minimum atomic E-state index is -0.222. The molecule has 1 unspecified atom stereocenters. The van der Waals surface area contributed by atoms with E-state index in [-0.39, 0.29) is 11.9 Å². The molecule has 0 spiro atoms. The Morgan fingerprint density at radius 2 is 1.79 bits per heavy atom. The molecule has 39 heavy (non-hydrogen) atoms. The molecule has 2 heterocycles. The minimum absolute atomic E-state index is 0.222. The van der Waals surface area contributed by atoms with E-state index in [2.05, 4.69) is 98.7 Å². The van der Waals surface area contributed by atoms with Crippen molar-refractivity contribution in [2.24, 2.45) is 0 Å². The predicted octanol–water partition coefficient (Wildman–Crippen LogP) is 5.31. The summed E-state index contributed by atoms with van der Waals surface area (Å²) < 4.78 is 7.61. The summed E-state index contributed by atoms with van der Waals surface area (Å²) in [5.74, 6) is 0.228. The van der Waals surface area contributed by atoms with Gasteiger partial charge in [-0.15, -0.1) is 0 Å². The highest BCUT2D eigenvalue weighted by Crippen LogP contribution is 2.33. The molecule has 3 aromatic carbocycles. The average Bonchev–Trinajstić information content (AvgIpc) is 3.78. The molecule has 6 nitrogen and oxygen atoms in total. The summed E-state index contributed by atoms with van der Waals surface area (Å²) >= 11 is 0. The lowest BCUT2D eigenvalue weighted by molar-refractivity contribution is -0.134. The van der Waals surface area contributed by atoms with E-state index in [1.54, 1.807) is 7.11 Å². The van der Waals surface area contributed by atoms with Gasteiger partial charge in [0.15, 0.2) is 0 Å². The van der Waals surface area contributed by atoms with Crippen molar-refractivity contribution in [2.45, 2.75) is 44.4 Å². The highest BCUT2D eigenvalue weighted by molar-refractivity contribution is 5.88. The van der Waals surface area contributed by atoms with Crippen molar-refractivity contribution in [3.63, 3.8) is 0 Å². The number of hydrogen-bond donors (Lipinski definition) is 1. The van der Waals surface area contributed by atoms with Crippen LogP contribution in [0, 0.1) is 0 Å². The first-order valence-corrected chi connectivity index (χ1v) is 14.2. The molecule has 1 aliphatic heterocycles. The number of nitrogens with one attached hydrogen (secondary N) is 1. The van der Waals surface area contributed by atoms with Gasteiger partial charge in [0, 0.05) is 75.3 Å². The van der Waals surface area contributed by atoms with E-state index in [0.29, 0.717) is 19.1 Å². The van der Waals surface area contributed by atoms with Gasteiger partial charge >= 0.3 is 0 Å². The van der Waals surface area contributed by atoms with Crippen LogP contribution in [0.15, 0.2) is 85.1 Å². The van der Waals surface area contributed by atoms with Crippen molar-refractivity contribution in [2.75, 3.05) is 38.3 Å². The van der Waals surface area contributed by atoms with E-state index in [1.165, 1.54) is 27.6 Å². The lowest BCUT2D eigenvalue weighted by Crippen LogP contribution is -2.59. The van der Waals surface area contributed by atoms with Crippen molar-refractivity contribution < 1.29 is 9.53 Å². The molecule has 1 saturated carbocycles. The first kappa shape index (κ1) is 25.7. The Balaban J connectivity index is 1.27. The van der Waals surface area contributed by atoms with Gasteiger partial charge in [0.25, 0.3) is 0 Å². The number of aryl methyl sites for hydroxylation is 1. The molecular weight excluding hydrogens is 484 g/mol. The number of amides is 1. The van der Waals surface area contributed by atoms with Crippen molar-refractivity contribution in [3.05, 3.63) is 90.6 Å². The fourth-order valence-electron chi connectivity index (χ4n) is 5.89. The van der Waals surface area contributed by atoms with Crippen molar-refractivity contribution in [1.29, 1.82) is 0 Å². The highest BCUT2D eigenvalue weighted by Gasteiger charge is 2.39. The SMILES string of the molecule is COCCCn1cc(CN(C(=O)C2CNCCN2c2cccc(-c3ccccc3)c2)C2CC2)c2ccccc21. The van der Waals surface area contributed by atoms with Crippen LogP contribution < -0.4 is 10.2 Å². The number of anilines is 1. The maximum atomic E-state index is 14.3. The zero-order valence-corrected chi connectivity index (χ0v) is 22.8. The summed E-state index contributed by atoms with van der Waals surface area (Å²) in [6.45, 7) is 4.64. The number of piperazine rings is 1. The second kappa shape index (κ2) is 11.6. The molecule has 1 amide bonds. The Labute approximate surface area is 231 Å². The molecule has 1 aromatic heterocycles. The number of fused-ring (bicyclic) bond motifs is 1. The zero-order valence-electron chi connectivity index (χ0n) is 22.8. The molecule has 1 aliphatic carbocycles. The van der Waals surface area contributed by atoms with Crippen LogP contribution in [0.3, 0.4) is 0 Å². The maximum Gasteiger partial charge on any atom is 0.247 e. The van der Waals surface area contributed by atoms with E-state index in [9.17, 15) is 4.79 Å². The summed E-state index contributed by atoms with van der Waals surface area (Å²) in [6, 6.07) is 27.8. The van der Waals surface area contributed by atoms with Gasteiger partial charge in [0.05, 0.1) is 0 Å². The van der Waals surface area contributed by atoms with Gasteiger partial charge in [-0.2, -0.15) is 0 Å². The number of para-hydroxylation sites is 1. The third-order valence-corrected chi connectivity index (χ3v) is 8.04. The van der Waals surface area contributed by atoms with Gasteiger partial charge in [-0.3, -0.25) is 4.79 Å². The standard InChI is InChI=1S/C33H38N4O2/c1-39-20-8-18-35-23-27(30-13-5-6-14-31(30)35)24-37(28-15-16-28)33(38)32-22-34-17-19-36(32)29-12-7-11-26(21-29)25-9-3-2-4-10-25/h2-7,9-14,21,23,28,32,34H,8,15-20,22,24H2,1H3. The molecule has 6 heteroatoms. The van der Waals surface area contributed by atoms with Crippen LogP contribution in [0.2, 0.25) is 0 Å². The number of carbonyl (C=O) groups is 1. The number of aromatic nitrogens is 1. The largest absolute Gasteiger partial charge is 0.385 e. The second-order valence-corrected chi connectivity index (χ2v) is 10.7. The van der Waals surface area contributed by atoms with E-state index in [0.717, 1.165) is 51.2 Å². The van der Waals surface area contributed by atoms with Crippen LogP contribution in [0.5, 0.6) is 0 Å². The molecule has 202 valence electrons. The molecule has 6 rings (SSSR count). The van der Waals surface area contributed by atoms with Crippen LogP contribution >= 0.6 is 0 Å². The summed E-state index contributed by atoms with van der Waals surface area (Å²) in [4.78, 5) is 18.8. The second-order valence-electron chi connectivity index (χ2n) is 10.7. The van der Waals surface area contributed by atoms with Gasteiger partial charge in [-0.1, -0.05) is 60.7 Å². The quantitative estimate of drug-likeness (QED) is 0.287. The highest BCUT2D eigenvalue weighted by atomic mass is 16.5. The molecule has 2 aliphatic rings. The van der Waals surface area contributed by atoms with Crippen LogP contribution in [0.4, 0.5) is 5.69 Å². The van der Waals surface area contributed by atoms with Crippen molar-refractivity contribution in [3.8, 4) is 11.1 Å². The van der Waals surface area contributed by atoms with E-state index >= 15 is 0 Å². The first-order valence-electron chi connectivity index (χ1n) is 14.2. The Kier molecular flexibility index (Phi) is 7.66. The molecule has 0 radical (unpaired) electrons. The molecule has 1 saturated heterocycles. The number of nitrogens with zero attached hydrogens (tertiary/aromatic N) is 3. The third-order valence-electron chi connectivity index (χ3n) is 8.04. The summed E-state index contributed by atoms with van der Waals surface area (Å²) in [6.07, 6.45) is 5.39. The van der Waals surface area contributed by atoms with Gasteiger partial charge in [0.1, 0.15) is 6.04 Å². The predicted molar refractivity (Wildman–Crippen MR) is 158 cm³/mol. The normalized spacial score (nSPS) is 17.5. The van der Waals surface area contributed by atoms with Gasteiger partial charge < -0.3 is 24.4 Å². The van der Waals surface area contributed by atoms with Crippen molar-refractivity contribution in [1.82, 2.24) is 14.8 Å². The van der Waals surface area contributed by atoms with Gasteiger partial charge in [0.2, 0.25) is 5.91 Å². The molecule has 2 fully saturated rings. The molecular formula is C33H38N4O2. The zero-order chi connectivity index (χ0) is 26.6. The summed E-state index contributed by atoms with van der Waals surface area (Å²) in [5, 5.41) is 4.74. The van der Waals surface area contributed by atoms with E-state index < -0.39 is 0 Å². The Bertz CT molecular complexity index is 1410. The minimum Gasteiger partial charge on any atom is -0.385 e. The van der Waals surface area contributed by atoms with Gasteiger partial charge in [-0.25, -0.2) is 0 Å². The number of benzene rings is 3. The molecule has 0 bridgehead atoms. The number of rotatable bonds is 10. The van der Waals surface area contributed by atoms with Crippen LogP contribution in [0.25, 0.3) is 22.0 Å². The van der Waals surface area contributed by atoms with E-state index in [4.69, 9.17) is 4.74 Å². The average molecular weight is 523 g/mol. The third kappa shape index (κ3) is 5.58. The van der Waals surface area contributed by atoms with Gasteiger partial charge in [-0.05, 0) is 54.2 Å². The Hall–Kier alpha value is -3.61. The molecule has 1 N–H and O–H groups in total. The van der Waals surface area contributed by atoms with E-state index in [1.807, 2.05) is 6.07 Å². The van der Waals surface area contributed by atoms with Crippen LogP contribution in [0.1, 0.15) is 24.8 Å². The maximum absolute atomic E-state index is 14.3. The Morgan fingerprint density at radius 3 is 2.62 bits per heavy atom. The topological polar surface area (TPSA) is 49.7 Å². The number of carbonyl (C=O) groups excluding carboxylic acids is 1. The molecule has 4 aromatic rings. The summed E-state index contributed by atoms with van der Waals surface area (Å²) in [5.41, 5.74) is 5.94. The monoisotopic (exact) mass is 522 g/mol. The van der Waals surface area contributed by atoms with Crippen LogP contribution in [-0.4, -0.2) is 60.8 Å². The number of ether oxygens (including phenoxy) is 1. The van der Waals surface area contributed by atoms with Crippen LogP contribution in [-0.2, 0) is 22.6 Å². The fraction of sp³-hybridized carbons (Fsp3) is 0.364. The smallest absolute Gasteiger partial charge is 0.247 e. The number of hydrogen-bond acceptors (Lipinski definition) is 4. The first-order chi connectivity index (χ1) is 19.2. The number of methoxy groups -OCH3 is 1.